The lowest BCUT2D eigenvalue weighted by Crippen LogP contribution is -2.08. The zero-order chi connectivity index (χ0) is 13.8. The number of hydrogen-bond donors (Lipinski definition) is 0. The van der Waals surface area contributed by atoms with Crippen LogP contribution in [0.2, 0.25) is 0 Å². The first-order chi connectivity index (χ1) is 9.06. The highest BCUT2D eigenvalue weighted by Crippen LogP contribution is 2.12. The van der Waals surface area contributed by atoms with Gasteiger partial charge in [0, 0.05) is 4.47 Å². The minimum Gasteiger partial charge on any atom is -0.312 e. The Hall–Kier alpha value is -2.01. The second-order valence-corrected chi connectivity index (χ2v) is 4.84. The monoisotopic (exact) mass is 319 g/mol. The predicted octanol–water partition coefficient (Wildman–Crippen LogP) is 3.05. The molecule has 4 nitrogen and oxygen atoms in total. The fourth-order valence-electron chi connectivity index (χ4n) is 1.46. The van der Waals surface area contributed by atoms with Gasteiger partial charge in [0.2, 0.25) is 0 Å². The number of hydrogen-bond acceptors (Lipinski definition) is 4. The van der Waals surface area contributed by atoms with E-state index in [1.807, 2.05) is 0 Å². The number of rotatable bonds is 2. The highest BCUT2D eigenvalue weighted by molar-refractivity contribution is 9.10. The van der Waals surface area contributed by atoms with Crippen molar-refractivity contribution in [2.45, 2.75) is 6.92 Å². The molecule has 0 N–H and O–H groups in total. The maximum Gasteiger partial charge on any atom is 0.365 e. The third-order valence-electron chi connectivity index (χ3n) is 2.48. The summed E-state index contributed by atoms with van der Waals surface area (Å²) in [6, 6.07) is 6.76. The molecule has 0 radical (unpaired) electrons. The Labute approximate surface area is 118 Å². The lowest BCUT2D eigenvalue weighted by atomic mass is 10.1. The van der Waals surface area contributed by atoms with Crippen molar-refractivity contribution in [1.82, 2.24) is 0 Å². The van der Waals surface area contributed by atoms with Crippen molar-refractivity contribution in [1.29, 1.82) is 0 Å². The summed E-state index contributed by atoms with van der Waals surface area (Å²) in [7, 11) is 0. The number of ketones is 1. The molecule has 5 heteroatoms. The highest BCUT2D eigenvalue weighted by atomic mass is 79.9. The van der Waals surface area contributed by atoms with Crippen LogP contribution in [0.15, 0.2) is 57.7 Å². The first-order valence-corrected chi connectivity index (χ1v) is 6.31. The van der Waals surface area contributed by atoms with Crippen LogP contribution >= 0.6 is 15.9 Å². The molecule has 1 aromatic rings. The Morgan fingerprint density at radius 2 is 1.89 bits per heavy atom. The molecule has 0 amide bonds. The molecule has 0 heterocycles. The Morgan fingerprint density at radius 1 is 1.21 bits per heavy atom. The fourth-order valence-corrected chi connectivity index (χ4v) is 1.72. The van der Waals surface area contributed by atoms with Gasteiger partial charge in [-0.3, -0.25) is 4.79 Å². The highest BCUT2D eigenvalue weighted by Gasteiger charge is 2.10. The summed E-state index contributed by atoms with van der Waals surface area (Å²) in [5, 5.41) is 3.75. The van der Waals surface area contributed by atoms with Gasteiger partial charge >= 0.3 is 5.97 Å². The molecule has 0 aromatic heterocycles. The number of benzene rings is 1. The SMILES string of the molecule is CC1=CC(=O)C=C/C1=N\OC(=O)c1ccc(Br)cc1. The van der Waals surface area contributed by atoms with Gasteiger partial charge in [0.15, 0.2) is 5.78 Å². The lowest BCUT2D eigenvalue weighted by Gasteiger charge is -2.05. The van der Waals surface area contributed by atoms with Gasteiger partial charge in [-0.25, -0.2) is 4.79 Å². The van der Waals surface area contributed by atoms with Crippen molar-refractivity contribution in [3.05, 3.63) is 58.1 Å². The summed E-state index contributed by atoms with van der Waals surface area (Å²) in [5.74, 6) is -0.645. The average molecular weight is 320 g/mol. The molecule has 0 unspecified atom stereocenters. The number of oxime groups is 1. The largest absolute Gasteiger partial charge is 0.365 e. The third-order valence-corrected chi connectivity index (χ3v) is 3.00. The molecule has 1 aromatic carbocycles. The van der Waals surface area contributed by atoms with E-state index in [0.29, 0.717) is 16.8 Å². The Bertz CT molecular complexity index is 612. The average Bonchev–Trinajstić information content (AvgIpc) is 2.38. The van der Waals surface area contributed by atoms with Crippen molar-refractivity contribution in [3.63, 3.8) is 0 Å². The molecular weight excluding hydrogens is 310 g/mol. The summed E-state index contributed by atoms with van der Waals surface area (Å²) in [6.07, 6.45) is 4.33. The molecule has 1 aliphatic rings. The molecule has 0 bridgehead atoms. The normalized spacial score (nSPS) is 16.4. The maximum atomic E-state index is 11.7. The van der Waals surface area contributed by atoms with Crippen LogP contribution in [0, 0.1) is 0 Å². The van der Waals surface area contributed by atoms with Gasteiger partial charge in [0.05, 0.1) is 5.56 Å². The number of nitrogens with zero attached hydrogens (tertiary/aromatic N) is 1. The Morgan fingerprint density at radius 3 is 2.53 bits per heavy atom. The molecule has 0 saturated carbocycles. The van der Waals surface area contributed by atoms with Crippen molar-refractivity contribution < 1.29 is 14.4 Å². The molecule has 1 aliphatic carbocycles. The first kappa shape index (κ1) is 13.4. The molecule has 96 valence electrons. The maximum absolute atomic E-state index is 11.7. The van der Waals surface area contributed by atoms with Crippen LogP contribution in [-0.2, 0) is 9.63 Å². The lowest BCUT2D eigenvalue weighted by molar-refractivity contribution is -0.110. The molecule has 19 heavy (non-hydrogen) atoms. The van der Waals surface area contributed by atoms with Gasteiger partial charge in [0.1, 0.15) is 5.71 Å². The predicted molar refractivity (Wildman–Crippen MR) is 74.9 cm³/mol. The summed E-state index contributed by atoms with van der Waals surface area (Å²) in [6.45, 7) is 1.73. The Balaban J connectivity index is 2.08. The number of carbonyl (C=O) groups is 2. The fraction of sp³-hybridized carbons (Fsp3) is 0.0714. The standard InChI is InChI=1S/C14H10BrNO3/c1-9-8-12(17)6-7-13(9)16-19-14(18)10-2-4-11(15)5-3-10/h2-8H,1H3/b16-13+. The topological polar surface area (TPSA) is 55.7 Å². The van der Waals surface area contributed by atoms with Gasteiger partial charge in [-0.05, 0) is 55.0 Å². The molecule has 0 spiro atoms. The Kier molecular flexibility index (Phi) is 4.06. The number of carbonyl (C=O) groups excluding carboxylic acids is 2. The van der Waals surface area contributed by atoms with Gasteiger partial charge in [-0.15, -0.1) is 0 Å². The zero-order valence-electron chi connectivity index (χ0n) is 10.1. The summed E-state index contributed by atoms with van der Waals surface area (Å²) < 4.78 is 0.878. The van der Waals surface area contributed by atoms with Crippen molar-refractivity contribution in [2.24, 2.45) is 5.16 Å². The third kappa shape index (κ3) is 3.48. The summed E-state index contributed by atoms with van der Waals surface area (Å²) in [5.41, 5.74) is 1.53. The van der Waals surface area contributed by atoms with Crippen LogP contribution < -0.4 is 0 Å². The second-order valence-electron chi connectivity index (χ2n) is 3.93. The second kappa shape index (κ2) is 5.75. The van der Waals surface area contributed by atoms with E-state index in [1.165, 1.54) is 18.2 Å². The van der Waals surface area contributed by atoms with Crippen LogP contribution in [-0.4, -0.2) is 17.5 Å². The zero-order valence-corrected chi connectivity index (χ0v) is 11.7. The van der Waals surface area contributed by atoms with Crippen molar-refractivity contribution >= 4 is 33.4 Å². The van der Waals surface area contributed by atoms with E-state index in [9.17, 15) is 9.59 Å². The summed E-state index contributed by atoms with van der Waals surface area (Å²) in [4.78, 5) is 27.6. The molecular formula is C14H10BrNO3. The number of allylic oxidation sites excluding steroid dienone is 4. The van der Waals surface area contributed by atoms with E-state index in [-0.39, 0.29) is 5.78 Å². The van der Waals surface area contributed by atoms with Crippen LogP contribution in [0.25, 0.3) is 0 Å². The molecule has 0 aliphatic heterocycles. The minimum atomic E-state index is -0.543. The van der Waals surface area contributed by atoms with Crippen LogP contribution in [0.3, 0.4) is 0 Å². The van der Waals surface area contributed by atoms with E-state index < -0.39 is 5.97 Å². The smallest absolute Gasteiger partial charge is 0.312 e. The van der Waals surface area contributed by atoms with Gasteiger partial charge in [-0.2, -0.15) is 0 Å². The van der Waals surface area contributed by atoms with E-state index in [4.69, 9.17) is 4.84 Å². The van der Waals surface area contributed by atoms with Crippen LogP contribution in [0.4, 0.5) is 0 Å². The molecule has 0 fully saturated rings. The van der Waals surface area contributed by atoms with Gasteiger partial charge < -0.3 is 4.84 Å². The van der Waals surface area contributed by atoms with Gasteiger partial charge in [0.25, 0.3) is 0 Å². The molecule has 0 atom stereocenters. The number of halogens is 1. The van der Waals surface area contributed by atoms with Crippen LogP contribution in [0.1, 0.15) is 17.3 Å². The molecule has 2 rings (SSSR count). The van der Waals surface area contributed by atoms with Crippen LogP contribution in [0.5, 0.6) is 0 Å². The van der Waals surface area contributed by atoms with E-state index in [2.05, 4.69) is 21.1 Å². The minimum absolute atomic E-state index is 0.101. The quantitative estimate of drug-likeness (QED) is 0.478. The van der Waals surface area contributed by atoms with E-state index >= 15 is 0 Å². The van der Waals surface area contributed by atoms with Gasteiger partial charge in [-0.1, -0.05) is 21.1 Å². The van der Waals surface area contributed by atoms with Crippen molar-refractivity contribution in [3.8, 4) is 0 Å². The van der Waals surface area contributed by atoms with E-state index in [0.717, 1.165) is 4.47 Å². The first-order valence-electron chi connectivity index (χ1n) is 5.52. The van der Waals surface area contributed by atoms with Crippen molar-refractivity contribution in [2.75, 3.05) is 0 Å². The van der Waals surface area contributed by atoms with E-state index in [1.54, 1.807) is 31.2 Å². The summed E-state index contributed by atoms with van der Waals surface area (Å²) >= 11 is 3.28. The molecule has 0 saturated heterocycles.